The van der Waals surface area contributed by atoms with Gasteiger partial charge < -0.3 is 20.0 Å². The quantitative estimate of drug-likeness (QED) is 0.266. The number of piperidine rings is 1. The Morgan fingerprint density at radius 3 is 2.06 bits per heavy atom. The van der Waals surface area contributed by atoms with E-state index in [1.165, 1.54) is 11.9 Å². The van der Waals surface area contributed by atoms with Crippen LogP contribution in [0.25, 0.3) is 0 Å². The third kappa shape index (κ3) is 10.6. The zero-order valence-electron chi connectivity index (χ0n) is 27.9. The van der Waals surface area contributed by atoms with E-state index in [9.17, 15) is 40.7 Å². The summed E-state index contributed by atoms with van der Waals surface area (Å²) < 4.78 is 81.0. The molecule has 0 unspecified atom stereocenters. The minimum absolute atomic E-state index is 0.212. The molecule has 2 amide bonds. The number of nitrogens with one attached hydrogen (secondary N) is 1. The van der Waals surface area contributed by atoms with Gasteiger partial charge in [0.25, 0.3) is 5.91 Å². The monoisotopic (exact) mass is 695 g/mol. The molecule has 0 aliphatic carbocycles. The first-order valence-electron chi connectivity index (χ1n) is 16.4. The van der Waals surface area contributed by atoms with Crippen LogP contribution in [0.4, 0.5) is 32.0 Å². The molecule has 2 aliphatic rings. The first-order chi connectivity index (χ1) is 23.0. The molecule has 1 N–H and O–H groups in total. The number of para-hydroxylation sites is 1. The molecule has 1 saturated heterocycles. The van der Waals surface area contributed by atoms with Crippen molar-refractivity contribution in [1.82, 2.24) is 15.1 Å². The number of likely N-dealkylation sites (tertiary alicyclic amines) is 1. The van der Waals surface area contributed by atoms with E-state index in [2.05, 4.69) is 15.2 Å². The molecule has 14 heteroatoms. The van der Waals surface area contributed by atoms with Crippen LogP contribution in [0.5, 0.6) is 0 Å². The SMILES string of the molecule is CN1C(=O)[C@@H](NC(=O)[C@H](CCC(F)(F)F)[C@H](CCC(F)(F)F)C(=O)CCN2CCC(N(C)C)CC2)N=C(c2ccccc2)c2ccccc21. The maximum absolute atomic E-state index is 13.9. The Morgan fingerprint density at radius 1 is 0.898 bits per heavy atom. The number of rotatable bonds is 13. The fraction of sp³-hybridized carbons (Fsp3) is 0.543. The van der Waals surface area contributed by atoms with Gasteiger partial charge in [-0.05, 0) is 58.9 Å². The number of halogens is 6. The molecular weight excluding hydrogens is 652 g/mol. The molecule has 2 heterocycles. The lowest BCUT2D eigenvalue weighted by atomic mass is 9.80. The van der Waals surface area contributed by atoms with Crippen molar-refractivity contribution in [2.45, 2.75) is 69.5 Å². The van der Waals surface area contributed by atoms with Crippen molar-refractivity contribution in [2.24, 2.45) is 16.8 Å². The van der Waals surface area contributed by atoms with Crippen LogP contribution < -0.4 is 10.2 Å². The Balaban J connectivity index is 1.63. The number of benzene rings is 2. The summed E-state index contributed by atoms with van der Waals surface area (Å²) in [6, 6.07) is 16.0. The highest BCUT2D eigenvalue weighted by Crippen LogP contribution is 2.34. The van der Waals surface area contributed by atoms with Crippen LogP contribution in [0, 0.1) is 11.8 Å². The summed E-state index contributed by atoms with van der Waals surface area (Å²) in [4.78, 5) is 51.1. The van der Waals surface area contributed by atoms with Crippen LogP contribution in [0.1, 0.15) is 56.1 Å². The van der Waals surface area contributed by atoms with E-state index < -0.39 is 73.6 Å². The van der Waals surface area contributed by atoms with E-state index in [4.69, 9.17) is 0 Å². The Bertz CT molecular complexity index is 1470. The van der Waals surface area contributed by atoms with E-state index >= 15 is 0 Å². The topological polar surface area (TPSA) is 85.3 Å². The molecular formula is C35H43F6N5O3. The average Bonchev–Trinajstić information content (AvgIpc) is 3.15. The summed E-state index contributed by atoms with van der Waals surface area (Å²) in [6.07, 6.45) is -14.4. The number of anilines is 1. The zero-order valence-corrected chi connectivity index (χ0v) is 27.9. The number of fused-ring (bicyclic) bond motifs is 1. The van der Waals surface area contributed by atoms with Crippen molar-refractivity contribution in [1.29, 1.82) is 0 Å². The molecule has 4 rings (SSSR count). The summed E-state index contributed by atoms with van der Waals surface area (Å²) in [6.45, 7) is 1.52. The number of benzodiazepines with no additional fused rings is 1. The van der Waals surface area contributed by atoms with Crippen LogP contribution in [-0.4, -0.2) is 98.4 Å². The number of nitrogens with zero attached hydrogens (tertiary/aromatic N) is 4. The zero-order chi connectivity index (χ0) is 35.9. The van der Waals surface area contributed by atoms with Gasteiger partial charge in [-0.25, -0.2) is 4.99 Å². The van der Waals surface area contributed by atoms with Crippen molar-refractivity contribution in [2.75, 3.05) is 45.7 Å². The minimum atomic E-state index is -4.74. The molecule has 2 aromatic rings. The van der Waals surface area contributed by atoms with Gasteiger partial charge in [-0.1, -0.05) is 48.5 Å². The predicted octanol–water partition coefficient (Wildman–Crippen LogP) is 5.85. The second-order valence-corrected chi connectivity index (χ2v) is 12.9. The van der Waals surface area contributed by atoms with Gasteiger partial charge in [0.1, 0.15) is 5.78 Å². The molecule has 8 nitrogen and oxygen atoms in total. The number of hydrogen-bond donors (Lipinski definition) is 1. The molecule has 0 spiro atoms. The summed E-state index contributed by atoms with van der Waals surface area (Å²) >= 11 is 0. The van der Waals surface area contributed by atoms with Gasteiger partial charge in [0.15, 0.2) is 0 Å². The smallest absolute Gasteiger partial charge is 0.326 e. The van der Waals surface area contributed by atoms with E-state index in [-0.39, 0.29) is 13.0 Å². The van der Waals surface area contributed by atoms with Crippen LogP contribution in [0.2, 0.25) is 0 Å². The minimum Gasteiger partial charge on any atom is -0.326 e. The summed E-state index contributed by atoms with van der Waals surface area (Å²) in [5.41, 5.74) is 1.95. The van der Waals surface area contributed by atoms with Crippen molar-refractivity contribution in [3.05, 3.63) is 65.7 Å². The van der Waals surface area contributed by atoms with Crippen molar-refractivity contribution >= 4 is 29.0 Å². The Morgan fingerprint density at radius 2 is 1.47 bits per heavy atom. The van der Waals surface area contributed by atoms with Gasteiger partial charge in [0.05, 0.1) is 11.4 Å². The maximum Gasteiger partial charge on any atom is 0.389 e. The fourth-order valence-electron chi connectivity index (χ4n) is 6.54. The number of ketones is 1. The second-order valence-electron chi connectivity index (χ2n) is 12.9. The summed E-state index contributed by atoms with van der Waals surface area (Å²) in [7, 11) is 5.39. The number of carbonyl (C=O) groups excluding carboxylic acids is 3. The molecule has 0 saturated carbocycles. The first-order valence-corrected chi connectivity index (χ1v) is 16.4. The average molecular weight is 696 g/mol. The number of carbonyl (C=O) groups is 3. The van der Waals surface area contributed by atoms with Crippen molar-refractivity contribution < 1.29 is 40.7 Å². The number of likely N-dealkylation sites (N-methyl/N-ethyl adjacent to an activating group) is 1. The lowest BCUT2D eigenvalue weighted by Gasteiger charge is -2.35. The van der Waals surface area contributed by atoms with E-state index in [1.807, 2.05) is 19.0 Å². The lowest BCUT2D eigenvalue weighted by molar-refractivity contribution is -0.152. The molecule has 2 aromatic carbocycles. The highest BCUT2D eigenvalue weighted by Gasteiger charge is 2.41. The molecule has 2 aliphatic heterocycles. The predicted molar refractivity (Wildman–Crippen MR) is 174 cm³/mol. The summed E-state index contributed by atoms with van der Waals surface area (Å²) in [5.74, 6) is -6.00. The molecule has 0 radical (unpaired) electrons. The molecule has 0 aromatic heterocycles. The number of Topliss-reactive ketones (excluding diaryl/α,β-unsaturated/α-hetero) is 1. The van der Waals surface area contributed by atoms with Gasteiger partial charge >= 0.3 is 12.4 Å². The molecule has 268 valence electrons. The molecule has 0 bridgehead atoms. The summed E-state index contributed by atoms with van der Waals surface area (Å²) in [5, 5.41) is 2.43. The largest absolute Gasteiger partial charge is 0.389 e. The van der Waals surface area contributed by atoms with Gasteiger partial charge in [-0.2, -0.15) is 26.3 Å². The van der Waals surface area contributed by atoms with Crippen LogP contribution in [0.3, 0.4) is 0 Å². The van der Waals surface area contributed by atoms with Crippen molar-refractivity contribution in [3.8, 4) is 0 Å². The standard InChI is InChI=1S/C35H43F6N5O3/c1-44(2)24-15-20-46(21-16-24)22-17-29(47)25(13-18-34(36,37)38)26(14-19-35(39,40)41)32(48)43-31-33(49)45(3)28-12-8-7-11-27(28)30(42-31)23-9-5-4-6-10-23/h4-12,24-26,31H,13-22H2,1-3H3,(H,43,48)/t25-,26+,31+/m0/s1. The highest BCUT2D eigenvalue weighted by atomic mass is 19.4. The van der Waals surface area contributed by atoms with Gasteiger partial charge in [0, 0.05) is 61.9 Å². The Kier molecular flexibility index (Phi) is 12.6. The Labute approximate surface area is 282 Å². The van der Waals surface area contributed by atoms with Gasteiger partial charge in [-0.3, -0.25) is 14.4 Å². The number of hydrogen-bond acceptors (Lipinski definition) is 6. The lowest BCUT2D eigenvalue weighted by Crippen LogP contribution is -2.50. The first kappa shape index (κ1) is 38.0. The molecule has 3 atom stereocenters. The number of alkyl halides is 6. The maximum atomic E-state index is 13.9. The van der Waals surface area contributed by atoms with E-state index in [0.717, 1.165) is 12.8 Å². The van der Waals surface area contributed by atoms with E-state index in [0.29, 0.717) is 41.7 Å². The Hall–Kier alpha value is -3.78. The highest BCUT2D eigenvalue weighted by molar-refractivity contribution is 6.20. The molecule has 49 heavy (non-hydrogen) atoms. The second kappa shape index (κ2) is 16.3. The molecule has 1 fully saturated rings. The van der Waals surface area contributed by atoms with E-state index in [1.54, 1.807) is 54.6 Å². The number of amides is 2. The van der Waals surface area contributed by atoms with Crippen LogP contribution in [-0.2, 0) is 14.4 Å². The van der Waals surface area contributed by atoms with Crippen molar-refractivity contribution in [3.63, 3.8) is 0 Å². The van der Waals surface area contributed by atoms with Crippen LogP contribution >= 0.6 is 0 Å². The van der Waals surface area contributed by atoms with Gasteiger partial charge in [0.2, 0.25) is 12.1 Å². The third-order valence-electron chi connectivity index (χ3n) is 9.34. The van der Waals surface area contributed by atoms with Crippen LogP contribution in [0.15, 0.2) is 59.6 Å². The third-order valence-corrected chi connectivity index (χ3v) is 9.34. The fourth-order valence-corrected chi connectivity index (χ4v) is 6.54. The normalized spacial score (nSPS) is 19.2. The van der Waals surface area contributed by atoms with Gasteiger partial charge in [-0.15, -0.1) is 0 Å². The number of aliphatic imine (C=N–C) groups is 1.